The SMILES string of the molecule is CCOC(=O)Cn1ccnc(N[C@H]2COC[C@@H]2OCC2CC2)c1=O. The molecule has 0 amide bonds. The van der Waals surface area contributed by atoms with Crippen LogP contribution in [-0.2, 0) is 25.5 Å². The minimum Gasteiger partial charge on any atom is -0.465 e. The van der Waals surface area contributed by atoms with Crippen LogP contribution in [0.15, 0.2) is 17.2 Å². The highest BCUT2D eigenvalue weighted by molar-refractivity contribution is 5.69. The van der Waals surface area contributed by atoms with E-state index < -0.39 is 5.97 Å². The molecule has 2 atom stereocenters. The van der Waals surface area contributed by atoms with E-state index in [4.69, 9.17) is 14.2 Å². The molecule has 24 heavy (non-hydrogen) atoms. The summed E-state index contributed by atoms with van der Waals surface area (Å²) in [7, 11) is 0. The lowest BCUT2D eigenvalue weighted by Crippen LogP contribution is -2.38. The number of rotatable bonds is 8. The van der Waals surface area contributed by atoms with Crippen LogP contribution in [0, 0.1) is 5.92 Å². The smallest absolute Gasteiger partial charge is 0.326 e. The first-order valence-corrected chi connectivity index (χ1v) is 8.34. The Kier molecular flexibility index (Phi) is 5.47. The number of carbonyl (C=O) groups is 1. The Balaban J connectivity index is 1.63. The van der Waals surface area contributed by atoms with E-state index in [0.29, 0.717) is 19.1 Å². The van der Waals surface area contributed by atoms with E-state index in [1.807, 2.05) is 0 Å². The largest absolute Gasteiger partial charge is 0.465 e. The summed E-state index contributed by atoms with van der Waals surface area (Å²) in [5.41, 5.74) is -0.363. The first kappa shape index (κ1) is 16.9. The molecule has 1 saturated heterocycles. The molecule has 1 aromatic rings. The number of hydrogen-bond donors (Lipinski definition) is 1. The van der Waals surface area contributed by atoms with Gasteiger partial charge in [-0.25, -0.2) is 4.98 Å². The van der Waals surface area contributed by atoms with Gasteiger partial charge in [0.05, 0.1) is 25.9 Å². The van der Waals surface area contributed by atoms with Gasteiger partial charge in [0, 0.05) is 19.0 Å². The van der Waals surface area contributed by atoms with Gasteiger partial charge in [0.1, 0.15) is 12.6 Å². The zero-order chi connectivity index (χ0) is 16.9. The second kappa shape index (κ2) is 7.76. The topological polar surface area (TPSA) is 91.7 Å². The molecule has 1 aliphatic heterocycles. The molecule has 0 radical (unpaired) electrons. The minimum absolute atomic E-state index is 0.0921. The fourth-order valence-electron chi connectivity index (χ4n) is 2.57. The van der Waals surface area contributed by atoms with E-state index in [1.165, 1.54) is 29.8 Å². The number of nitrogens with zero attached hydrogens (tertiary/aromatic N) is 2. The zero-order valence-corrected chi connectivity index (χ0v) is 13.8. The molecule has 8 heteroatoms. The van der Waals surface area contributed by atoms with Crippen LogP contribution in [0.5, 0.6) is 0 Å². The summed E-state index contributed by atoms with van der Waals surface area (Å²) >= 11 is 0. The molecule has 1 aliphatic carbocycles. The van der Waals surface area contributed by atoms with Crippen LogP contribution < -0.4 is 10.9 Å². The Morgan fingerprint density at radius 2 is 2.29 bits per heavy atom. The van der Waals surface area contributed by atoms with Crippen molar-refractivity contribution in [1.82, 2.24) is 9.55 Å². The van der Waals surface area contributed by atoms with E-state index in [-0.39, 0.29) is 36.7 Å². The fourth-order valence-corrected chi connectivity index (χ4v) is 2.57. The third-order valence-electron chi connectivity index (χ3n) is 4.11. The van der Waals surface area contributed by atoms with E-state index >= 15 is 0 Å². The quantitative estimate of drug-likeness (QED) is 0.687. The van der Waals surface area contributed by atoms with Crippen LogP contribution in [0.1, 0.15) is 19.8 Å². The second-order valence-corrected chi connectivity index (χ2v) is 6.12. The molecule has 0 unspecified atom stereocenters. The van der Waals surface area contributed by atoms with Crippen LogP contribution in [-0.4, -0.2) is 54.1 Å². The first-order valence-electron chi connectivity index (χ1n) is 8.34. The summed E-state index contributed by atoms with van der Waals surface area (Å²) in [6.45, 7) is 3.58. The molecule has 1 aromatic heterocycles. The molecule has 1 saturated carbocycles. The molecule has 0 spiro atoms. The summed E-state index contributed by atoms with van der Waals surface area (Å²) in [6, 6.07) is -0.123. The van der Waals surface area contributed by atoms with E-state index in [9.17, 15) is 9.59 Å². The van der Waals surface area contributed by atoms with Gasteiger partial charge in [-0.05, 0) is 25.7 Å². The van der Waals surface area contributed by atoms with Gasteiger partial charge >= 0.3 is 5.97 Å². The number of ether oxygens (including phenoxy) is 3. The lowest BCUT2D eigenvalue weighted by Gasteiger charge is -2.20. The number of nitrogens with one attached hydrogen (secondary N) is 1. The molecular formula is C16H23N3O5. The van der Waals surface area contributed by atoms with Crippen LogP contribution in [0.3, 0.4) is 0 Å². The second-order valence-electron chi connectivity index (χ2n) is 6.12. The molecule has 2 aliphatic rings. The van der Waals surface area contributed by atoms with Gasteiger partial charge < -0.3 is 19.5 Å². The Hall–Kier alpha value is -1.93. The van der Waals surface area contributed by atoms with Gasteiger partial charge in [0.15, 0.2) is 5.82 Å². The van der Waals surface area contributed by atoms with Gasteiger partial charge in [-0.3, -0.25) is 14.2 Å². The van der Waals surface area contributed by atoms with Crippen molar-refractivity contribution in [3.8, 4) is 0 Å². The monoisotopic (exact) mass is 337 g/mol. The number of carbonyl (C=O) groups excluding carboxylic acids is 1. The van der Waals surface area contributed by atoms with Crippen molar-refractivity contribution in [3.05, 3.63) is 22.7 Å². The summed E-state index contributed by atoms with van der Waals surface area (Å²) < 4.78 is 17.5. The van der Waals surface area contributed by atoms with Gasteiger partial charge in [0.25, 0.3) is 5.56 Å². The predicted molar refractivity (Wildman–Crippen MR) is 85.8 cm³/mol. The molecule has 0 aromatic carbocycles. The van der Waals surface area contributed by atoms with Crippen molar-refractivity contribution < 1.29 is 19.0 Å². The maximum absolute atomic E-state index is 12.4. The van der Waals surface area contributed by atoms with Gasteiger partial charge in [-0.1, -0.05) is 0 Å². The zero-order valence-electron chi connectivity index (χ0n) is 13.8. The third kappa shape index (κ3) is 4.33. The molecule has 3 rings (SSSR count). The van der Waals surface area contributed by atoms with Gasteiger partial charge in [-0.2, -0.15) is 0 Å². The summed E-state index contributed by atoms with van der Waals surface area (Å²) in [5, 5.41) is 3.10. The minimum atomic E-state index is -0.452. The van der Waals surface area contributed by atoms with Crippen molar-refractivity contribution >= 4 is 11.8 Å². The van der Waals surface area contributed by atoms with E-state index in [2.05, 4.69) is 10.3 Å². The Morgan fingerprint density at radius 3 is 3.04 bits per heavy atom. The lowest BCUT2D eigenvalue weighted by atomic mass is 10.2. The summed E-state index contributed by atoms with van der Waals surface area (Å²) in [6.07, 6.45) is 5.32. The molecule has 2 fully saturated rings. The van der Waals surface area contributed by atoms with Crippen LogP contribution >= 0.6 is 0 Å². The maximum Gasteiger partial charge on any atom is 0.326 e. The number of anilines is 1. The van der Waals surface area contributed by atoms with E-state index in [0.717, 1.165) is 6.61 Å². The van der Waals surface area contributed by atoms with Crippen LogP contribution in [0.2, 0.25) is 0 Å². The van der Waals surface area contributed by atoms with Crippen LogP contribution in [0.4, 0.5) is 5.82 Å². The highest BCUT2D eigenvalue weighted by atomic mass is 16.5. The highest BCUT2D eigenvalue weighted by Gasteiger charge is 2.32. The number of hydrogen-bond acceptors (Lipinski definition) is 7. The molecule has 1 N–H and O–H groups in total. The van der Waals surface area contributed by atoms with E-state index in [1.54, 1.807) is 6.92 Å². The first-order chi connectivity index (χ1) is 11.7. The highest BCUT2D eigenvalue weighted by Crippen LogP contribution is 2.30. The van der Waals surface area contributed by atoms with Crippen molar-refractivity contribution in [2.24, 2.45) is 5.92 Å². The molecule has 2 heterocycles. The number of aromatic nitrogens is 2. The molecule has 132 valence electrons. The Bertz CT molecular complexity index is 628. The summed E-state index contributed by atoms with van der Waals surface area (Å²) in [5.74, 6) is 0.409. The van der Waals surface area contributed by atoms with Crippen LogP contribution in [0.25, 0.3) is 0 Å². The normalized spacial score (nSPS) is 23.2. The van der Waals surface area contributed by atoms with Crippen molar-refractivity contribution in [1.29, 1.82) is 0 Å². The third-order valence-corrected chi connectivity index (χ3v) is 4.11. The maximum atomic E-state index is 12.4. The average molecular weight is 337 g/mol. The Morgan fingerprint density at radius 1 is 1.46 bits per heavy atom. The van der Waals surface area contributed by atoms with Crippen molar-refractivity contribution in [3.63, 3.8) is 0 Å². The molecule has 0 bridgehead atoms. The molecular weight excluding hydrogens is 314 g/mol. The Labute approximate surface area is 140 Å². The van der Waals surface area contributed by atoms with Gasteiger partial charge in [0.2, 0.25) is 0 Å². The lowest BCUT2D eigenvalue weighted by molar-refractivity contribution is -0.143. The number of esters is 1. The standard InChI is InChI=1S/C16H23N3O5/c1-2-23-14(20)7-19-6-5-17-15(16(19)21)18-12-9-22-10-13(12)24-8-11-3-4-11/h5-6,11-13H,2-4,7-10H2,1H3,(H,17,18)/t12-,13-/m0/s1. The fraction of sp³-hybridized carbons (Fsp3) is 0.688. The average Bonchev–Trinajstić information content (AvgIpc) is 3.29. The summed E-state index contributed by atoms with van der Waals surface area (Å²) in [4.78, 5) is 28.1. The predicted octanol–water partition coefficient (Wildman–Crippen LogP) is 0.412. The molecule has 8 nitrogen and oxygen atoms in total. The van der Waals surface area contributed by atoms with Crippen molar-refractivity contribution in [2.45, 2.75) is 38.5 Å². The van der Waals surface area contributed by atoms with Crippen molar-refractivity contribution in [2.75, 3.05) is 31.7 Å². The van der Waals surface area contributed by atoms with Gasteiger partial charge in [-0.15, -0.1) is 0 Å².